The molecule has 1 N–H and O–H groups in total. The number of carbonyl (C=O) groups excluding carboxylic acids is 2. The Labute approximate surface area is 174 Å². The number of aromatic nitrogens is 1. The summed E-state index contributed by atoms with van der Waals surface area (Å²) >= 11 is 0. The molecule has 0 spiro atoms. The van der Waals surface area contributed by atoms with Gasteiger partial charge < -0.3 is 15.0 Å². The summed E-state index contributed by atoms with van der Waals surface area (Å²) in [6, 6.07) is 16.3. The number of likely N-dealkylation sites (N-methyl/N-ethyl adjacent to an activating group) is 1. The van der Waals surface area contributed by atoms with E-state index in [1.54, 1.807) is 49.6 Å². The van der Waals surface area contributed by atoms with E-state index in [-0.39, 0.29) is 30.8 Å². The lowest BCUT2D eigenvalue weighted by atomic mass is 10.1. The van der Waals surface area contributed by atoms with E-state index in [2.05, 4.69) is 10.3 Å². The van der Waals surface area contributed by atoms with Gasteiger partial charge in [0.15, 0.2) is 0 Å². The highest BCUT2D eigenvalue weighted by Gasteiger charge is 2.16. The zero-order valence-corrected chi connectivity index (χ0v) is 16.8. The summed E-state index contributed by atoms with van der Waals surface area (Å²) < 4.78 is 18.8. The van der Waals surface area contributed by atoms with Crippen molar-refractivity contribution in [3.8, 4) is 5.75 Å². The Hall–Kier alpha value is -3.74. The minimum atomic E-state index is -0.378. The fourth-order valence-corrected chi connectivity index (χ4v) is 2.75. The van der Waals surface area contributed by atoms with Crippen LogP contribution in [0.4, 0.5) is 10.2 Å². The van der Waals surface area contributed by atoms with Gasteiger partial charge in [0.2, 0.25) is 5.91 Å². The van der Waals surface area contributed by atoms with Crippen LogP contribution in [0.5, 0.6) is 5.75 Å². The van der Waals surface area contributed by atoms with E-state index in [1.807, 2.05) is 19.1 Å². The predicted octanol–water partition coefficient (Wildman–Crippen LogP) is 3.82. The largest absolute Gasteiger partial charge is 0.489 e. The number of rotatable bonds is 7. The van der Waals surface area contributed by atoms with Crippen molar-refractivity contribution in [1.29, 1.82) is 0 Å². The first-order valence-electron chi connectivity index (χ1n) is 9.36. The third kappa shape index (κ3) is 5.88. The van der Waals surface area contributed by atoms with Gasteiger partial charge in [-0.15, -0.1) is 0 Å². The molecule has 0 aliphatic heterocycles. The third-order valence-corrected chi connectivity index (χ3v) is 4.28. The van der Waals surface area contributed by atoms with Crippen LogP contribution in [-0.4, -0.2) is 35.3 Å². The number of halogens is 1. The van der Waals surface area contributed by atoms with E-state index in [4.69, 9.17) is 4.74 Å². The van der Waals surface area contributed by atoms with E-state index in [0.29, 0.717) is 17.1 Å². The summed E-state index contributed by atoms with van der Waals surface area (Å²) in [5.74, 6) is -0.173. The number of benzene rings is 2. The number of amides is 2. The van der Waals surface area contributed by atoms with E-state index in [9.17, 15) is 14.0 Å². The van der Waals surface area contributed by atoms with Crippen molar-refractivity contribution in [1.82, 2.24) is 9.88 Å². The Morgan fingerprint density at radius 1 is 1.10 bits per heavy atom. The summed E-state index contributed by atoms with van der Waals surface area (Å²) in [6.45, 7) is 1.98. The van der Waals surface area contributed by atoms with Crippen molar-refractivity contribution in [3.05, 3.63) is 89.4 Å². The molecule has 30 heavy (non-hydrogen) atoms. The van der Waals surface area contributed by atoms with Gasteiger partial charge in [0.05, 0.1) is 6.54 Å². The topological polar surface area (TPSA) is 71.5 Å². The molecule has 7 heteroatoms. The molecule has 0 bridgehead atoms. The van der Waals surface area contributed by atoms with Crippen LogP contribution in [-0.2, 0) is 11.4 Å². The highest BCUT2D eigenvalue weighted by atomic mass is 19.1. The van der Waals surface area contributed by atoms with Gasteiger partial charge in [0, 0.05) is 24.9 Å². The molecule has 0 radical (unpaired) electrons. The lowest BCUT2D eigenvalue weighted by Gasteiger charge is -2.17. The van der Waals surface area contributed by atoms with Gasteiger partial charge >= 0.3 is 0 Å². The molecule has 1 aromatic heterocycles. The van der Waals surface area contributed by atoms with Gasteiger partial charge in [-0.3, -0.25) is 9.59 Å². The maximum absolute atomic E-state index is 13.2. The summed E-state index contributed by atoms with van der Waals surface area (Å²) in [6.07, 6.45) is 1.65. The summed E-state index contributed by atoms with van der Waals surface area (Å²) in [7, 11) is 1.56. The summed E-state index contributed by atoms with van der Waals surface area (Å²) in [5.41, 5.74) is 2.17. The van der Waals surface area contributed by atoms with Crippen molar-refractivity contribution >= 4 is 17.6 Å². The van der Waals surface area contributed by atoms with E-state index in [1.165, 1.54) is 17.0 Å². The van der Waals surface area contributed by atoms with Gasteiger partial charge in [0.25, 0.3) is 5.91 Å². The van der Waals surface area contributed by atoms with E-state index >= 15 is 0 Å². The Balaban J connectivity index is 1.58. The Bertz CT molecular complexity index is 1040. The second kappa shape index (κ2) is 9.65. The Kier molecular flexibility index (Phi) is 6.75. The monoisotopic (exact) mass is 407 g/mol. The number of hydrogen-bond acceptors (Lipinski definition) is 4. The third-order valence-electron chi connectivity index (χ3n) is 4.28. The van der Waals surface area contributed by atoms with E-state index in [0.717, 1.165) is 11.1 Å². The first-order chi connectivity index (χ1) is 14.4. The van der Waals surface area contributed by atoms with Gasteiger partial charge in [-0.1, -0.05) is 24.3 Å². The first kappa shape index (κ1) is 21.0. The average Bonchev–Trinajstić information content (AvgIpc) is 2.73. The molecule has 2 amide bonds. The minimum Gasteiger partial charge on any atom is -0.489 e. The van der Waals surface area contributed by atoms with Crippen LogP contribution < -0.4 is 10.1 Å². The van der Waals surface area contributed by atoms with Crippen LogP contribution in [0.25, 0.3) is 0 Å². The summed E-state index contributed by atoms with van der Waals surface area (Å²) in [4.78, 5) is 30.3. The van der Waals surface area contributed by atoms with Gasteiger partial charge in [-0.05, 0) is 48.4 Å². The Morgan fingerprint density at radius 2 is 1.90 bits per heavy atom. The normalized spacial score (nSPS) is 10.4. The molecule has 0 aliphatic carbocycles. The van der Waals surface area contributed by atoms with Crippen molar-refractivity contribution in [2.24, 2.45) is 0 Å². The average molecular weight is 407 g/mol. The van der Waals surface area contributed by atoms with Crippen molar-refractivity contribution in [2.75, 3.05) is 18.9 Å². The van der Waals surface area contributed by atoms with Crippen molar-refractivity contribution in [2.45, 2.75) is 13.5 Å². The number of nitrogens with zero attached hydrogens (tertiary/aromatic N) is 2. The fraction of sp³-hybridized carbons (Fsp3) is 0.174. The van der Waals surface area contributed by atoms with Crippen LogP contribution in [0.15, 0.2) is 66.9 Å². The molecule has 0 saturated heterocycles. The molecule has 0 atom stereocenters. The molecule has 0 unspecified atom stereocenters. The number of pyridine rings is 1. The number of aryl methyl sites for hydroxylation is 1. The molecule has 1 heterocycles. The maximum Gasteiger partial charge on any atom is 0.254 e. The van der Waals surface area contributed by atoms with E-state index < -0.39 is 0 Å². The standard InChI is InChI=1S/C23H22FN3O3/c1-16-9-10-21(25-13-16)26-22(28)14-27(2)23(29)18-6-3-5-17(11-18)15-30-20-8-4-7-19(24)12-20/h3-13H,14-15H2,1-2H3,(H,25,26,28). The molecule has 154 valence electrons. The zero-order valence-electron chi connectivity index (χ0n) is 16.8. The second-order valence-corrected chi connectivity index (χ2v) is 6.88. The molecule has 6 nitrogen and oxygen atoms in total. The van der Waals surface area contributed by atoms with Crippen LogP contribution >= 0.6 is 0 Å². The highest BCUT2D eigenvalue weighted by molar-refractivity contribution is 5.99. The molecule has 2 aromatic carbocycles. The number of nitrogens with one attached hydrogen (secondary N) is 1. The number of anilines is 1. The number of ether oxygens (including phenoxy) is 1. The van der Waals surface area contributed by atoms with Gasteiger partial charge in [-0.25, -0.2) is 9.37 Å². The van der Waals surface area contributed by atoms with Gasteiger partial charge in [0.1, 0.15) is 24.0 Å². The van der Waals surface area contributed by atoms with Crippen LogP contribution in [0.1, 0.15) is 21.5 Å². The second-order valence-electron chi connectivity index (χ2n) is 6.88. The molecule has 3 rings (SSSR count). The fourth-order valence-electron chi connectivity index (χ4n) is 2.75. The number of hydrogen-bond donors (Lipinski definition) is 1. The molecule has 0 aliphatic rings. The SMILES string of the molecule is Cc1ccc(NC(=O)CN(C)C(=O)c2cccc(COc3cccc(F)c3)c2)nc1. The lowest BCUT2D eigenvalue weighted by Crippen LogP contribution is -2.35. The van der Waals surface area contributed by atoms with Gasteiger partial charge in [-0.2, -0.15) is 0 Å². The Morgan fingerprint density at radius 3 is 2.63 bits per heavy atom. The first-order valence-corrected chi connectivity index (χ1v) is 9.36. The molecule has 0 saturated carbocycles. The quantitative estimate of drug-likeness (QED) is 0.646. The highest BCUT2D eigenvalue weighted by Crippen LogP contribution is 2.15. The van der Waals surface area contributed by atoms with Crippen molar-refractivity contribution < 1.29 is 18.7 Å². The smallest absolute Gasteiger partial charge is 0.254 e. The molecule has 3 aromatic rings. The zero-order chi connectivity index (χ0) is 21.5. The molecular formula is C23H22FN3O3. The predicted molar refractivity (Wildman–Crippen MR) is 112 cm³/mol. The summed E-state index contributed by atoms with van der Waals surface area (Å²) in [5, 5.41) is 2.67. The molecular weight excluding hydrogens is 385 g/mol. The lowest BCUT2D eigenvalue weighted by molar-refractivity contribution is -0.116. The van der Waals surface area contributed by atoms with Crippen LogP contribution in [0.3, 0.4) is 0 Å². The van der Waals surface area contributed by atoms with Crippen molar-refractivity contribution in [3.63, 3.8) is 0 Å². The number of carbonyl (C=O) groups is 2. The van der Waals surface area contributed by atoms with Crippen LogP contribution in [0, 0.1) is 12.7 Å². The minimum absolute atomic E-state index is 0.113. The molecule has 0 fully saturated rings. The maximum atomic E-state index is 13.2. The van der Waals surface area contributed by atoms with Crippen LogP contribution in [0.2, 0.25) is 0 Å².